The smallest absolute Gasteiger partial charge is 0.241 e. The van der Waals surface area contributed by atoms with Crippen LogP contribution >= 0.6 is 0 Å². The molecule has 0 aliphatic carbocycles. The fourth-order valence-electron chi connectivity index (χ4n) is 5.04. The van der Waals surface area contributed by atoms with Gasteiger partial charge in [0.25, 0.3) is 0 Å². The summed E-state index contributed by atoms with van der Waals surface area (Å²) in [6, 6.07) is 6.75. The highest BCUT2D eigenvalue weighted by Gasteiger charge is 2.28. The number of aromatic nitrogens is 4. The number of sulfone groups is 1. The van der Waals surface area contributed by atoms with Crippen molar-refractivity contribution in [2.75, 3.05) is 134 Å². The van der Waals surface area contributed by atoms with Crippen LogP contribution < -0.4 is 20.0 Å². The maximum atomic E-state index is 12.9. The van der Waals surface area contributed by atoms with Crippen molar-refractivity contribution < 1.29 is 32.2 Å². The van der Waals surface area contributed by atoms with Gasteiger partial charge in [-0.1, -0.05) is 12.1 Å². The highest BCUT2D eigenvalue weighted by atomic mass is 32.2. The Morgan fingerprint density at radius 3 is 1.92 bits per heavy atom. The number of fused-ring (bicyclic) bond motifs is 1. The largest absolute Gasteiger partial charge is 0.383 e. The normalized spacial score (nSPS) is 13.8. The van der Waals surface area contributed by atoms with Crippen LogP contribution in [0.4, 0.5) is 23.5 Å². The third kappa shape index (κ3) is 9.59. The maximum Gasteiger partial charge on any atom is 0.241 e. The molecule has 1 fully saturated rings. The van der Waals surface area contributed by atoms with Gasteiger partial charge >= 0.3 is 0 Å². The zero-order chi connectivity index (χ0) is 34.7. The van der Waals surface area contributed by atoms with E-state index in [2.05, 4.69) is 5.32 Å². The summed E-state index contributed by atoms with van der Waals surface area (Å²) in [7, 11) is 4.90. The summed E-state index contributed by atoms with van der Waals surface area (Å²) in [5, 5.41) is 3.40. The summed E-state index contributed by atoms with van der Waals surface area (Å²) in [5.74, 6) is 1.69. The summed E-state index contributed by atoms with van der Waals surface area (Å²) >= 11 is 0. The molecule has 3 heterocycles. The molecular formula is C31H47N9O7S. The monoisotopic (exact) mass is 689 g/mol. The quantitative estimate of drug-likeness (QED) is 0.189. The van der Waals surface area contributed by atoms with Crippen molar-refractivity contribution >= 4 is 50.3 Å². The van der Waals surface area contributed by atoms with Crippen LogP contribution in [0.15, 0.2) is 29.2 Å². The molecule has 1 aliphatic heterocycles. The summed E-state index contributed by atoms with van der Waals surface area (Å²) in [6.07, 6.45) is 1.18. The molecule has 1 aliphatic rings. The Labute approximate surface area is 282 Å². The third-order valence-corrected chi connectivity index (χ3v) is 8.98. The lowest BCUT2D eigenvalue weighted by Crippen LogP contribution is -2.49. The van der Waals surface area contributed by atoms with E-state index in [1.165, 1.54) is 6.26 Å². The average Bonchev–Trinajstić information content (AvgIpc) is 3.08. The Balaban J connectivity index is 1.93. The number of carbonyl (C=O) groups excluding carboxylic acids is 1. The van der Waals surface area contributed by atoms with E-state index < -0.39 is 9.84 Å². The summed E-state index contributed by atoms with van der Waals surface area (Å²) in [5.41, 5.74) is 1.65. The van der Waals surface area contributed by atoms with Crippen LogP contribution in [0.3, 0.4) is 0 Å². The Kier molecular flexibility index (Phi) is 13.5. The molecule has 17 heteroatoms. The number of likely N-dealkylation sites (N-methyl/N-ethyl adjacent to an activating group) is 1. The Hall–Kier alpha value is -3.90. The molecule has 48 heavy (non-hydrogen) atoms. The van der Waals surface area contributed by atoms with Crippen molar-refractivity contribution in [3.8, 4) is 0 Å². The molecule has 2 aromatic heterocycles. The number of rotatable bonds is 19. The first kappa shape index (κ1) is 36.9. The molecule has 1 saturated heterocycles. The van der Waals surface area contributed by atoms with E-state index in [1.54, 1.807) is 58.6 Å². The van der Waals surface area contributed by atoms with E-state index in [9.17, 15) is 13.2 Å². The highest BCUT2D eigenvalue weighted by Crippen LogP contribution is 2.32. The molecule has 1 amide bonds. The molecule has 3 aromatic rings. The van der Waals surface area contributed by atoms with Crippen LogP contribution in [0.1, 0.15) is 5.56 Å². The summed E-state index contributed by atoms with van der Waals surface area (Å²) in [4.78, 5) is 40.7. The fraction of sp³-hybridized carbons (Fsp3) is 0.581. The van der Waals surface area contributed by atoms with E-state index in [1.807, 2.05) is 20.8 Å². The topological polar surface area (TPSA) is 165 Å². The van der Waals surface area contributed by atoms with Crippen LogP contribution in [0.2, 0.25) is 0 Å². The van der Waals surface area contributed by atoms with Crippen molar-refractivity contribution in [1.29, 1.82) is 0 Å². The number of hydrogen-bond acceptors (Lipinski definition) is 15. The molecule has 0 saturated carbocycles. The summed E-state index contributed by atoms with van der Waals surface area (Å²) < 4.78 is 46.1. The SMILES string of the molecule is COCCN(CCOC)c1nc(N2CCN(C)C(=O)C2)c2nc(N(CCOC)CCOC)nc(NCc3cccc(S(C)(=O)=O)c3)c2n1. The minimum atomic E-state index is -3.40. The minimum absolute atomic E-state index is 0.0367. The number of benzene rings is 1. The molecule has 4 rings (SSSR count). The first-order chi connectivity index (χ1) is 23.1. The first-order valence-electron chi connectivity index (χ1n) is 15.7. The van der Waals surface area contributed by atoms with Gasteiger partial charge in [-0.25, -0.2) is 18.4 Å². The zero-order valence-corrected chi connectivity index (χ0v) is 29.5. The summed E-state index contributed by atoms with van der Waals surface area (Å²) in [6.45, 7) is 5.12. The molecule has 16 nitrogen and oxygen atoms in total. The predicted octanol–water partition coefficient (Wildman–Crippen LogP) is 0.912. The number of nitrogens with zero attached hydrogens (tertiary/aromatic N) is 8. The number of piperazine rings is 1. The van der Waals surface area contributed by atoms with Gasteiger partial charge in [0, 0.05) is 87.6 Å². The maximum absolute atomic E-state index is 12.9. The van der Waals surface area contributed by atoms with E-state index in [4.69, 9.17) is 38.9 Å². The highest BCUT2D eigenvalue weighted by molar-refractivity contribution is 7.90. The van der Waals surface area contributed by atoms with Gasteiger partial charge in [0.2, 0.25) is 17.8 Å². The number of methoxy groups -OCH3 is 4. The molecule has 0 unspecified atom stereocenters. The number of carbonyl (C=O) groups is 1. The molecule has 0 radical (unpaired) electrons. The second-order valence-corrected chi connectivity index (χ2v) is 13.4. The van der Waals surface area contributed by atoms with Crippen molar-refractivity contribution in [3.63, 3.8) is 0 Å². The second kappa shape index (κ2) is 17.5. The van der Waals surface area contributed by atoms with Gasteiger partial charge in [-0.05, 0) is 17.7 Å². The van der Waals surface area contributed by atoms with Crippen LogP contribution in [0.25, 0.3) is 11.0 Å². The molecule has 0 atom stereocenters. The first-order valence-corrected chi connectivity index (χ1v) is 17.6. The third-order valence-electron chi connectivity index (χ3n) is 7.87. The Bertz CT molecular complexity index is 1610. The number of hydrogen-bond donors (Lipinski definition) is 1. The van der Waals surface area contributed by atoms with Gasteiger partial charge in [-0.2, -0.15) is 9.97 Å². The minimum Gasteiger partial charge on any atom is -0.383 e. The van der Waals surface area contributed by atoms with Gasteiger partial charge in [-0.3, -0.25) is 4.79 Å². The van der Waals surface area contributed by atoms with Crippen LogP contribution in [0.5, 0.6) is 0 Å². The van der Waals surface area contributed by atoms with Crippen LogP contribution in [-0.4, -0.2) is 153 Å². The number of anilines is 4. The van der Waals surface area contributed by atoms with Gasteiger partial charge in [0.05, 0.1) is 37.9 Å². The number of nitrogens with one attached hydrogen (secondary N) is 1. The van der Waals surface area contributed by atoms with Crippen molar-refractivity contribution in [2.45, 2.75) is 11.4 Å². The lowest BCUT2D eigenvalue weighted by molar-refractivity contribution is -0.129. The van der Waals surface area contributed by atoms with E-state index in [-0.39, 0.29) is 23.9 Å². The number of amides is 1. The number of ether oxygens (including phenoxy) is 4. The van der Waals surface area contributed by atoms with E-state index >= 15 is 0 Å². The lowest BCUT2D eigenvalue weighted by Gasteiger charge is -2.34. The van der Waals surface area contributed by atoms with Crippen molar-refractivity contribution in [2.24, 2.45) is 0 Å². The van der Waals surface area contributed by atoms with Gasteiger partial charge in [0.15, 0.2) is 21.5 Å². The molecular weight excluding hydrogens is 642 g/mol. The Morgan fingerprint density at radius 2 is 1.38 bits per heavy atom. The van der Waals surface area contributed by atoms with E-state index in [0.29, 0.717) is 100 Å². The van der Waals surface area contributed by atoms with Crippen molar-refractivity contribution in [3.05, 3.63) is 29.8 Å². The molecule has 264 valence electrons. The lowest BCUT2D eigenvalue weighted by atomic mass is 10.2. The van der Waals surface area contributed by atoms with Gasteiger partial charge in [0.1, 0.15) is 11.0 Å². The van der Waals surface area contributed by atoms with Crippen LogP contribution in [-0.2, 0) is 40.1 Å². The molecule has 0 spiro atoms. The average molecular weight is 690 g/mol. The van der Waals surface area contributed by atoms with Crippen molar-refractivity contribution in [1.82, 2.24) is 24.8 Å². The molecule has 1 N–H and O–H groups in total. The van der Waals surface area contributed by atoms with Crippen LogP contribution in [0, 0.1) is 0 Å². The standard InChI is InChI=1S/C31H47N9O7S/c1-37-10-11-40(22-25(37)41)29-27-26(33-31(36-29)39(14-18-46-4)15-19-47-5)28(32-21-23-8-7-9-24(20-23)48(6,42)43)35-30(34-27)38(12-16-44-2)13-17-45-3/h7-9,20H,10-19,21-22H2,1-6H3,(H,32,34,35). The fourth-order valence-corrected chi connectivity index (χ4v) is 5.74. The van der Waals surface area contributed by atoms with Gasteiger partial charge < -0.3 is 43.9 Å². The van der Waals surface area contributed by atoms with E-state index in [0.717, 1.165) is 5.56 Å². The molecule has 0 bridgehead atoms. The predicted molar refractivity (Wildman–Crippen MR) is 184 cm³/mol. The van der Waals surface area contributed by atoms with Gasteiger partial charge in [-0.15, -0.1) is 0 Å². The molecule has 1 aromatic carbocycles. The second-order valence-electron chi connectivity index (χ2n) is 11.4. The Morgan fingerprint density at radius 1 is 0.812 bits per heavy atom. The zero-order valence-electron chi connectivity index (χ0n) is 28.6.